The van der Waals surface area contributed by atoms with Crippen molar-refractivity contribution >= 4 is 28.7 Å². The van der Waals surface area contributed by atoms with Crippen molar-refractivity contribution in [2.24, 2.45) is 5.41 Å². The van der Waals surface area contributed by atoms with Gasteiger partial charge in [-0.3, -0.25) is 0 Å². The van der Waals surface area contributed by atoms with Crippen molar-refractivity contribution in [3.05, 3.63) is 71.8 Å². The summed E-state index contributed by atoms with van der Waals surface area (Å²) in [5.41, 5.74) is 2.95. The molecule has 0 spiro atoms. The first-order valence-electron chi connectivity index (χ1n) is 9.34. The highest BCUT2D eigenvalue weighted by Crippen LogP contribution is 2.33. The summed E-state index contributed by atoms with van der Waals surface area (Å²) < 4.78 is 6.04. The Morgan fingerprint density at radius 2 is 2.11 bits per heavy atom. The molecule has 0 saturated carbocycles. The summed E-state index contributed by atoms with van der Waals surface area (Å²) in [7, 11) is 0. The van der Waals surface area contributed by atoms with E-state index in [1.807, 2.05) is 24.3 Å². The SMILES string of the molecule is C=CCC1(Cc2ccccc2)CNCCN(c2nc3cc(Cl)ccc3o2)C1. The van der Waals surface area contributed by atoms with Crippen LogP contribution < -0.4 is 10.2 Å². The van der Waals surface area contributed by atoms with E-state index < -0.39 is 0 Å². The lowest BCUT2D eigenvalue weighted by Gasteiger charge is -2.35. The third-order valence-corrected chi connectivity index (χ3v) is 5.43. The molecule has 0 radical (unpaired) electrons. The average molecular weight is 382 g/mol. The molecule has 140 valence electrons. The van der Waals surface area contributed by atoms with Crippen LogP contribution in [0.2, 0.25) is 5.02 Å². The van der Waals surface area contributed by atoms with Crippen LogP contribution in [0.25, 0.3) is 11.1 Å². The van der Waals surface area contributed by atoms with E-state index in [1.165, 1.54) is 5.56 Å². The molecule has 0 bridgehead atoms. The number of oxazole rings is 1. The summed E-state index contributed by atoms with van der Waals surface area (Å²) in [4.78, 5) is 6.94. The molecule has 1 aliphatic rings. The number of nitrogens with zero attached hydrogens (tertiary/aromatic N) is 2. The number of hydrogen-bond acceptors (Lipinski definition) is 4. The van der Waals surface area contributed by atoms with Crippen LogP contribution in [0.4, 0.5) is 6.01 Å². The minimum absolute atomic E-state index is 0.0396. The lowest BCUT2D eigenvalue weighted by molar-refractivity contribution is 0.291. The first-order valence-corrected chi connectivity index (χ1v) is 9.72. The molecule has 1 aliphatic heterocycles. The first-order chi connectivity index (χ1) is 13.2. The monoisotopic (exact) mass is 381 g/mol. The molecular formula is C22H24ClN3O. The molecule has 5 heteroatoms. The van der Waals surface area contributed by atoms with Crippen molar-refractivity contribution in [2.75, 3.05) is 31.1 Å². The molecule has 4 nitrogen and oxygen atoms in total. The number of fused-ring (bicyclic) bond motifs is 1. The highest BCUT2D eigenvalue weighted by molar-refractivity contribution is 6.31. The molecule has 2 heterocycles. The fourth-order valence-corrected chi connectivity index (χ4v) is 4.12. The Balaban J connectivity index is 1.65. The Hall–Kier alpha value is -2.30. The molecule has 1 atom stereocenters. The standard InChI is InChI=1S/C22H24ClN3O/c1-2-10-22(14-17-6-4-3-5-7-17)15-24-11-12-26(16-22)21-25-19-13-18(23)8-9-20(19)27-21/h2-9,13,24H,1,10-12,14-16H2. The Morgan fingerprint density at radius 1 is 1.26 bits per heavy atom. The van der Waals surface area contributed by atoms with Gasteiger partial charge in [0.25, 0.3) is 6.01 Å². The van der Waals surface area contributed by atoms with E-state index in [2.05, 4.69) is 47.1 Å². The fraction of sp³-hybridized carbons (Fsp3) is 0.318. The Morgan fingerprint density at radius 3 is 2.93 bits per heavy atom. The Bertz CT molecular complexity index is 924. The van der Waals surface area contributed by atoms with Crippen LogP contribution in [0.5, 0.6) is 0 Å². The van der Waals surface area contributed by atoms with Gasteiger partial charge in [-0.15, -0.1) is 6.58 Å². The summed E-state index contributed by atoms with van der Waals surface area (Å²) in [5, 5.41) is 4.28. The molecule has 0 amide bonds. The van der Waals surface area contributed by atoms with Gasteiger partial charge in [0.05, 0.1) is 0 Å². The number of anilines is 1. The van der Waals surface area contributed by atoms with Gasteiger partial charge in [0.15, 0.2) is 5.58 Å². The van der Waals surface area contributed by atoms with Crippen molar-refractivity contribution in [2.45, 2.75) is 12.8 Å². The molecular weight excluding hydrogens is 358 g/mol. The van der Waals surface area contributed by atoms with Gasteiger partial charge in [-0.25, -0.2) is 0 Å². The van der Waals surface area contributed by atoms with Gasteiger partial charge in [0.1, 0.15) is 5.52 Å². The number of halogens is 1. The third kappa shape index (κ3) is 4.02. The molecule has 1 fully saturated rings. The summed E-state index contributed by atoms with van der Waals surface area (Å²) in [6.45, 7) is 7.57. The van der Waals surface area contributed by atoms with Gasteiger partial charge < -0.3 is 14.6 Å². The first kappa shape index (κ1) is 18.1. The van der Waals surface area contributed by atoms with Crippen LogP contribution in [0.3, 0.4) is 0 Å². The van der Waals surface area contributed by atoms with Crippen molar-refractivity contribution in [1.82, 2.24) is 10.3 Å². The zero-order valence-corrected chi connectivity index (χ0v) is 16.1. The van der Waals surface area contributed by atoms with Crippen LogP contribution in [0.15, 0.2) is 65.6 Å². The second kappa shape index (κ2) is 7.75. The molecule has 1 N–H and O–H groups in total. The molecule has 1 aromatic heterocycles. The molecule has 1 unspecified atom stereocenters. The Kier molecular flexibility index (Phi) is 5.19. The van der Waals surface area contributed by atoms with Crippen LogP contribution in [-0.2, 0) is 6.42 Å². The van der Waals surface area contributed by atoms with E-state index in [0.29, 0.717) is 11.0 Å². The maximum atomic E-state index is 6.10. The predicted octanol–water partition coefficient (Wildman–Crippen LogP) is 4.70. The molecule has 4 rings (SSSR count). The normalized spacial score (nSPS) is 20.6. The number of aromatic nitrogens is 1. The van der Waals surface area contributed by atoms with E-state index in [0.717, 1.165) is 50.1 Å². The van der Waals surface area contributed by atoms with E-state index in [-0.39, 0.29) is 5.41 Å². The fourth-order valence-electron chi connectivity index (χ4n) is 3.96. The molecule has 1 saturated heterocycles. The van der Waals surface area contributed by atoms with E-state index in [4.69, 9.17) is 21.0 Å². The molecule has 27 heavy (non-hydrogen) atoms. The maximum absolute atomic E-state index is 6.10. The van der Waals surface area contributed by atoms with Crippen LogP contribution >= 0.6 is 11.6 Å². The minimum atomic E-state index is 0.0396. The van der Waals surface area contributed by atoms with Crippen LogP contribution in [-0.4, -0.2) is 31.2 Å². The second-order valence-electron chi connectivity index (χ2n) is 7.36. The minimum Gasteiger partial charge on any atom is -0.423 e. The van der Waals surface area contributed by atoms with E-state index in [9.17, 15) is 0 Å². The smallest absolute Gasteiger partial charge is 0.298 e. The number of benzene rings is 2. The number of hydrogen-bond donors (Lipinski definition) is 1. The van der Waals surface area contributed by atoms with Gasteiger partial charge in [-0.05, 0) is 36.6 Å². The lowest BCUT2D eigenvalue weighted by Crippen LogP contribution is -2.41. The second-order valence-corrected chi connectivity index (χ2v) is 7.80. The highest BCUT2D eigenvalue weighted by Gasteiger charge is 2.34. The number of allylic oxidation sites excluding steroid dienone is 1. The van der Waals surface area contributed by atoms with E-state index in [1.54, 1.807) is 0 Å². The van der Waals surface area contributed by atoms with Crippen molar-refractivity contribution in [3.63, 3.8) is 0 Å². The molecule has 3 aromatic rings. The zero-order chi connectivity index (χ0) is 18.7. The van der Waals surface area contributed by atoms with Crippen LogP contribution in [0, 0.1) is 5.41 Å². The largest absolute Gasteiger partial charge is 0.423 e. The topological polar surface area (TPSA) is 41.3 Å². The highest BCUT2D eigenvalue weighted by atomic mass is 35.5. The van der Waals surface area contributed by atoms with Gasteiger partial charge in [-0.1, -0.05) is 48.0 Å². The third-order valence-electron chi connectivity index (χ3n) is 5.19. The maximum Gasteiger partial charge on any atom is 0.298 e. The Labute approximate surface area is 164 Å². The van der Waals surface area contributed by atoms with Gasteiger partial charge in [0, 0.05) is 36.6 Å². The quantitative estimate of drug-likeness (QED) is 0.650. The van der Waals surface area contributed by atoms with Crippen LogP contribution in [0.1, 0.15) is 12.0 Å². The van der Waals surface area contributed by atoms with Crippen molar-refractivity contribution in [1.29, 1.82) is 0 Å². The predicted molar refractivity (Wildman–Crippen MR) is 111 cm³/mol. The molecule has 2 aromatic carbocycles. The lowest BCUT2D eigenvalue weighted by atomic mass is 9.78. The summed E-state index contributed by atoms with van der Waals surface area (Å²) in [6.07, 6.45) is 3.94. The molecule has 0 aliphatic carbocycles. The van der Waals surface area contributed by atoms with Gasteiger partial charge >= 0.3 is 0 Å². The van der Waals surface area contributed by atoms with E-state index >= 15 is 0 Å². The van der Waals surface area contributed by atoms with Crippen molar-refractivity contribution < 1.29 is 4.42 Å². The number of rotatable bonds is 5. The zero-order valence-electron chi connectivity index (χ0n) is 15.3. The van der Waals surface area contributed by atoms with Crippen molar-refractivity contribution in [3.8, 4) is 0 Å². The summed E-state index contributed by atoms with van der Waals surface area (Å²) in [5.74, 6) is 0. The van der Waals surface area contributed by atoms with Gasteiger partial charge in [-0.2, -0.15) is 4.98 Å². The summed E-state index contributed by atoms with van der Waals surface area (Å²) in [6, 6.07) is 16.9. The average Bonchev–Trinajstić information content (AvgIpc) is 2.97. The van der Waals surface area contributed by atoms with Gasteiger partial charge in [0.2, 0.25) is 0 Å². The summed E-state index contributed by atoms with van der Waals surface area (Å²) >= 11 is 6.10. The number of nitrogens with one attached hydrogen (secondary N) is 1.